The minimum atomic E-state index is -1.55. The van der Waals surface area contributed by atoms with Crippen LogP contribution in [-0.2, 0) is 39.6 Å². The summed E-state index contributed by atoms with van der Waals surface area (Å²) in [5.41, 5.74) is -2.05. The number of esters is 1. The Hall–Kier alpha value is -5.68. The largest absolute Gasteiger partial charge is 0.507 e. The number of carbonyl (C=O) groups excluding carboxylic acids is 2. The van der Waals surface area contributed by atoms with Gasteiger partial charge in [-0.2, -0.15) is 0 Å². The molecule has 2 aromatic carbocycles. The maximum atomic E-state index is 14.5. The number of aliphatic hydroxyl groups is 3. The van der Waals surface area contributed by atoms with Gasteiger partial charge in [0.1, 0.15) is 42.8 Å². The third-order valence-corrected chi connectivity index (χ3v) is 14.1. The summed E-state index contributed by atoms with van der Waals surface area (Å²) in [4.78, 5) is 35.3. The smallest absolute Gasteiger partial charge is 0.329 e. The number of nitrogens with one attached hydrogen (secondary N) is 1. The molecular weight excluding hydrogens is 970 g/mol. The van der Waals surface area contributed by atoms with Crippen LogP contribution in [0.4, 0.5) is 0 Å². The highest BCUT2D eigenvalue weighted by Gasteiger charge is 2.70. The van der Waals surface area contributed by atoms with E-state index in [1.807, 2.05) is 39.8 Å². The molecule has 2 aliphatic carbocycles. The SMILES string of the molecule is COc1c(OC(C)C)cc2cc(O)c(C(=O)N[C@@H]3Cc4ccc(c(Cl)n4)O[C@@H]4C=C5C#C/C(=C\C#C[C@H]6O[C@@]56[C@H]4O[C@H]4C[C@@](C)(O)[C@@H](O)[C@H](C)O4)[C@@H](O[C@H]4C[C@H](O)[C@H](N(C)C)[C@H](C)O4)COC3=O)cc2c1OC. The molecule has 20 heteroatoms. The number of pyridine rings is 1. The second kappa shape index (κ2) is 20.6. The van der Waals surface area contributed by atoms with E-state index in [-0.39, 0.29) is 70.6 Å². The molecule has 0 unspecified atom stereocenters. The van der Waals surface area contributed by atoms with Gasteiger partial charge in [-0.15, -0.1) is 0 Å². The molecule has 1 aromatic heterocycles. The fourth-order valence-corrected chi connectivity index (χ4v) is 10.5. The first-order valence-electron chi connectivity index (χ1n) is 24.1. The van der Waals surface area contributed by atoms with Crippen LogP contribution in [0.5, 0.6) is 28.7 Å². The van der Waals surface area contributed by atoms with Gasteiger partial charge < -0.3 is 78.0 Å². The Balaban J connectivity index is 1.09. The van der Waals surface area contributed by atoms with Crippen LogP contribution in [0.15, 0.2) is 53.6 Å². The number of allylic oxidation sites excluding steroid dienone is 1. The van der Waals surface area contributed by atoms with Crippen LogP contribution < -0.4 is 24.3 Å². The van der Waals surface area contributed by atoms with Gasteiger partial charge in [-0.3, -0.25) is 4.79 Å². The third kappa shape index (κ3) is 10.3. The second-order valence-electron chi connectivity index (χ2n) is 19.7. The van der Waals surface area contributed by atoms with Crippen LogP contribution >= 0.6 is 11.6 Å². The molecular formula is C53H60ClN3O16. The van der Waals surface area contributed by atoms with E-state index in [4.69, 9.17) is 59.0 Å². The van der Waals surface area contributed by atoms with E-state index in [1.165, 1.54) is 39.4 Å². The number of hydrogen-bond acceptors (Lipinski definition) is 18. The van der Waals surface area contributed by atoms with Crippen molar-refractivity contribution in [2.24, 2.45) is 0 Å². The molecule has 390 valence electrons. The average Bonchev–Trinajstić information content (AvgIpc) is 3.95. The van der Waals surface area contributed by atoms with Gasteiger partial charge in [-0.05, 0) is 90.5 Å². The number of likely N-dealkylation sites (N-methyl/N-ethyl adjacent to an activating group) is 1. The maximum absolute atomic E-state index is 14.5. The van der Waals surface area contributed by atoms with Gasteiger partial charge in [-0.1, -0.05) is 35.3 Å². The first kappa shape index (κ1) is 52.2. The number of rotatable bonds is 11. The molecule has 14 atom stereocenters. The van der Waals surface area contributed by atoms with Crippen molar-refractivity contribution in [3.05, 3.63) is 70.0 Å². The minimum absolute atomic E-state index is 0.0664. The number of aromatic nitrogens is 1. The van der Waals surface area contributed by atoms with E-state index in [9.17, 15) is 30.0 Å². The second-order valence-corrected chi connectivity index (χ2v) is 20.1. The number of nitrogens with zero attached hydrogens (tertiary/aromatic N) is 2. The third-order valence-electron chi connectivity index (χ3n) is 13.8. The highest BCUT2D eigenvalue weighted by Crippen LogP contribution is 2.54. The number of methoxy groups -OCH3 is 2. The molecule has 5 aliphatic heterocycles. The Kier molecular flexibility index (Phi) is 14.7. The van der Waals surface area contributed by atoms with Gasteiger partial charge in [0.2, 0.25) is 5.75 Å². The van der Waals surface area contributed by atoms with Crippen molar-refractivity contribution in [3.63, 3.8) is 0 Å². The summed E-state index contributed by atoms with van der Waals surface area (Å²) in [7, 11) is 6.58. The number of phenolic OH excluding ortho intramolecular Hbond substituents is 1. The molecule has 1 amide bonds. The first-order valence-corrected chi connectivity index (χ1v) is 24.5. The molecule has 3 aromatic rings. The number of hydrogen-bond donors (Lipinski definition) is 5. The summed E-state index contributed by atoms with van der Waals surface area (Å²) in [6.07, 6.45) is -6.35. The average molecular weight is 1030 g/mol. The van der Waals surface area contributed by atoms with Crippen molar-refractivity contribution in [3.8, 4) is 52.4 Å². The van der Waals surface area contributed by atoms with E-state index >= 15 is 0 Å². The summed E-state index contributed by atoms with van der Waals surface area (Å²) in [5, 5.41) is 48.0. The lowest BCUT2D eigenvalue weighted by atomic mass is 9.88. The number of aromatic hydroxyl groups is 1. The number of epoxide rings is 1. The van der Waals surface area contributed by atoms with Crippen LogP contribution in [0.3, 0.4) is 0 Å². The molecule has 0 radical (unpaired) electrons. The van der Waals surface area contributed by atoms with Gasteiger partial charge in [0.15, 0.2) is 46.7 Å². The highest BCUT2D eigenvalue weighted by molar-refractivity contribution is 6.30. The lowest BCUT2D eigenvalue weighted by Gasteiger charge is -2.43. The highest BCUT2D eigenvalue weighted by atomic mass is 35.5. The van der Waals surface area contributed by atoms with Crippen LogP contribution in [-0.4, -0.2) is 168 Å². The monoisotopic (exact) mass is 1030 g/mol. The van der Waals surface area contributed by atoms with Crippen LogP contribution in [0, 0.1) is 23.7 Å². The van der Waals surface area contributed by atoms with E-state index in [0.717, 1.165) is 0 Å². The number of ether oxygens (including phenoxy) is 10. The number of carbonyl (C=O) groups is 2. The zero-order valence-corrected chi connectivity index (χ0v) is 42.6. The molecule has 0 saturated carbocycles. The predicted octanol–water partition coefficient (Wildman–Crippen LogP) is 3.51. The van der Waals surface area contributed by atoms with Gasteiger partial charge in [-0.25, -0.2) is 9.78 Å². The summed E-state index contributed by atoms with van der Waals surface area (Å²) < 4.78 is 61.9. The van der Waals surface area contributed by atoms with Gasteiger partial charge in [0.05, 0.1) is 55.8 Å². The molecule has 5 N–H and O–H groups in total. The van der Waals surface area contributed by atoms with E-state index in [1.54, 1.807) is 31.2 Å². The maximum Gasteiger partial charge on any atom is 0.329 e. The molecule has 5 bridgehead atoms. The minimum Gasteiger partial charge on any atom is -0.507 e. The predicted molar refractivity (Wildman–Crippen MR) is 261 cm³/mol. The number of fused-ring (bicyclic) bond motifs is 8. The fourth-order valence-electron chi connectivity index (χ4n) is 10.3. The molecule has 3 saturated heterocycles. The molecule has 10 rings (SSSR count). The molecule has 6 heterocycles. The number of benzene rings is 2. The van der Waals surface area contributed by atoms with Crippen molar-refractivity contribution in [1.82, 2.24) is 15.2 Å². The van der Waals surface area contributed by atoms with E-state index in [2.05, 4.69) is 34.0 Å². The van der Waals surface area contributed by atoms with Crippen molar-refractivity contribution >= 4 is 34.2 Å². The van der Waals surface area contributed by atoms with Crippen molar-refractivity contribution in [2.75, 3.05) is 34.9 Å². The summed E-state index contributed by atoms with van der Waals surface area (Å²) in [6, 6.07) is 5.81. The Morgan fingerprint density at radius 2 is 1.78 bits per heavy atom. The number of halogens is 1. The molecule has 3 fully saturated rings. The molecule has 7 aliphatic rings. The fraction of sp³-hybridized carbons (Fsp3) is 0.528. The summed E-state index contributed by atoms with van der Waals surface area (Å²) in [5.74, 6) is 11.4. The summed E-state index contributed by atoms with van der Waals surface area (Å²) in [6.45, 7) is 8.20. The lowest BCUT2D eigenvalue weighted by Crippen LogP contribution is -2.57. The molecule has 73 heavy (non-hydrogen) atoms. The summed E-state index contributed by atoms with van der Waals surface area (Å²) >= 11 is 6.86. The normalized spacial score (nSPS) is 34.3. The van der Waals surface area contributed by atoms with Crippen molar-refractivity contribution in [1.29, 1.82) is 0 Å². The Morgan fingerprint density at radius 1 is 1.03 bits per heavy atom. The molecule has 1 spiro atoms. The Labute approximate surface area is 427 Å². The lowest BCUT2D eigenvalue weighted by molar-refractivity contribution is -0.290. The zero-order chi connectivity index (χ0) is 52.3. The topological polar surface area (TPSA) is 239 Å². The first-order chi connectivity index (χ1) is 34.7. The zero-order valence-electron chi connectivity index (χ0n) is 41.8. The Morgan fingerprint density at radius 3 is 2.47 bits per heavy atom. The van der Waals surface area contributed by atoms with E-state index in [0.29, 0.717) is 22.1 Å². The van der Waals surface area contributed by atoms with Gasteiger partial charge in [0, 0.05) is 47.6 Å². The Bertz CT molecular complexity index is 2840. The number of phenols is 1. The number of aliphatic hydroxyl groups excluding tert-OH is 2. The van der Waals surface area contributed by atoms with Gasteiger partial charge in [0.25, 0.3) is 5.91 Å². The standard InChI is InChI=1S/C53H60ClN3O16/c1-25(2)67-38-18-29-17-35(58)33(21-32(29)45(64-8)46(38)65-9)50(61)56-34-20-31-15-16-37(49(54)55-31)70-39-19-30-14-13-28(40(24-66-51(34)62)71-42-22-36(59)44(57(6)7)26(3)68-42)11-10-12-41-53(30,73-41)48(39)72-43-23-52(5,63)47(60)27(4)69-43/h11,15-19,21,25-27,34,36,39-44,47-48,58-60,63H,20,22-24H2,1-9H3,(H,56,61)/b28-11+/t26-,27-,34+,36-,39+,40-,41+,42-,43-,44+,47-,48-,52+,53-/m0/s1. The van der Waals surface area contributed by atoms with Crippen LogP contribution in [0.2, 0.25) is 5.15 Å². The van der Waals surface area contributed by atoms with Crippen molar-refractivity contribution < 1.29 is 77.4 Å². The quantitative estimate of drug-likeness (QED) is 0.0800. The van der Waals surface area contributed by atoms with Crippen molar-refractivity contribution in [2.45, 2.75) is 145 Å². The van der Waals surface area contributed by atoms with Gasteiger partial charge >= 0.3 is 5.97 Å². The van der Waals surface area contributed by atoms with Crippen LogP contribution in [0.1, 0.15) is 63.5 Å². The molecule has 19 nitrogen and oxygen atoms in total. The number of amides is 1. The van der Waals surface area contributed by atoms with Crippen LogP contribution in [0.25, 0.3) is 10.8 Å². The van der Waals surface area contributed by atoms with E-state index < -0.39 is 103 Å².